The monoisotopic (exact) mass is 424 g/mol. The summed E-state index contributed by atoms with van der Waals surface area (Å²) in [5.41, 5.74) is -0.905. The quantitative estimate of drug-likeness (QED) is 0.546. The van der Waals surface area contributed by atoms with Crippen molar-refractivity contribution in [2.24, 2.45) is 5.92 Å². The molecule has 1 saturated carbocycles. The van der Waals surface area contributed by atoms with Crippen LogP contribution in [0.3, 0.4) is 0 Å². The molecule has 1 aliphatic heterocycles. The molecule has 1 aliphatic carbocycles. The van der Waals surface area contributed by atoms with E-state index in [1.807, 2.05) is 36.4 Å². The van der Waals surface area contributed by atoms with Gasteiger partial charge in [-0.15, -0.1) is 0 Å². The number of esters is 1. The minimum Gasteiger partial charge on any atom is -0.454 e. The molecule has 1 aromatic heterocycles. The lowest BCUT2D eigenvalue weighted by molar-refractivity contribution is -0.916. The fourth-order valence-electron chi connectivity index (χ4n) is 5.30. The lowest BCUT2D eigenvalue weighted by Gasteiger charge is -2.42. The normalized spacial score (nSPS) is 26.3. The van der Waals surface area contributed by atoms with Crippen LogP contribution in [0.1, 0.15) is 49.9 Å². The van der Waals surface area contributed by atoms with Crippen LogP contribution in [0.15, 0.2) is 48.8 Å². The molecule has 31 heavy (non-hydrogen) atoms. The molecule has 3 atom stereocenters. The van der Waals surface area contributed by atoms with Crippen LogP contribution in [0.5, 0.6) is 0 Å². The summed E-state index contributed by atoms with van der Waals surface area (Å²) in [6, 6.07) is 11.2. The largest absolute Gasteiger partial charge is 0.454 e. The summed E-state index contributed by atoms with van der Waals surface area (Å²) < 4.78 is 6.86. The van der Waals surface area contributed by atoms with E-state index >= 15 is 0 Å². The van der Waals surface area contributed by atoms with Crippen molar-refractivity contribution in [3.63, 3.8) is 0 Å². The van der Waals surface area contributed by atoms with Crippen LogP contribution in [0, 0.1) is 5.92 Å². The minimum absolute atomic E-state index is 0.0814. The number of nitrogens with zero attached hydrogens (tertiary/aromatic N) is 3. The number of likely N-dealkylation sites (tertiary alicyclic amines) is 1. The molecular formula is C25H34N3O3+. The molecule has 1 N–H and O–H groups in total. The Morgan fingerprint density at radius 1 is 1.10 bits per heavy atom. The first kappa shape index (κ1) is 21.9. The number of carbonyl (C=O) groups is 1. The first-order valence-corrected chi connectivity index (χ1v) is 11.6. The van der Waals surface area contributed by atoms with Gasteiger partial charge < -0.3 is 14.3 Å². The maximum atomic E-state index is 13.4. The van der Waals surface area contributed by atoms with Crippen LogP contribution in [0.4, 0.5) is 0 Å². The van der Waals surface area contributed by atoms with Crippen LogP contribution in [0.2, 0.25) is 0 Å². The lowest BCUT2D eigenvalue weighted by atomic mass is 9.80. The van der Waals surface area contributed by atoms with E-state index in [-0.39, 0.29) is 12.0 Å². The maximum Gasteiger partial charge on any atom is 0.343 e. The first-order chi connectivity index (χ1) is 15.0. The van der Waals surface area contributed by atoms with E-state index in [4.69, 9.17) is 4.74 Å². The second-order valence-corrected chi connectivity index (χ2v) is 9.45. The van der Waals surface area contributed by atoms with E-state index < -0.39 is 11.6 Å². The first-order valence-electron chi connectivity index (χ1n) is 11.6. The van der Waals surface area contributed by atoms with Gasteiger partial charge in [0.15, 0.2) is 11.7 Å². The number of aromatic nitrogens is 2. The van der Waals surface area contributed by atoms with Gasteiger partial charge in [0.25, 0.3) is 0 Å². The topological polar surface area (TPSA) is 72.3 Å². The fraction of sp³-hybridized carbons (Fsp3) is 0.560. The Bertz CT molecular complexity index is 857. The highest BCUT2D eigenvalue weighted by atomic mass is 16.6. The summed E-state index contributed by atoms with van der Waals surface area (Å²) in [6.07, 6.45) is 9.82. The average molecular weight is 425 g/mol. The van der Waals surface area contributed by atoms with Gasteiger partial charge >= 0.3 is 5.97 Å². The molecule has 2 unspecified atom stereocenters. The van der Waals surface area contributed by atoms with Gasteiger partial charge in [-0.05, 0) is 30.9 Å². The highest BCUT2D eigenvalue weighted by molar-refractivity contribution is 5.81. The molecule has 2 aromatic rings. The van der Waals surface area contributed by atoms with E-state index in [0.717, 1.165) is 74.9 Å². The molecule has 0 amide bonds. The minimum atomic E-state index is -1.56. The number of benzene rings is 1. The summed E-state index contributed by atoms with van der Waals surface area (Å²) in [6.45, 7) is 2.71. The number of rotatable bonds is 7. The van der Waals surface area contributed by atoms with Crippen molar-refractivity contribution in [2.45, 2.75) is 56.7 Å². The van der Waals surface area contributed by atoms with Crippen molar-refractivity contribution in [3.8, 4) is 0 Å². The van der Waals surface area contributed by atoms with E-state index in [1.54, 1.807) is 12.4 Å². The third-order valence-corrected chi connectivity index (χ3v) is 7.11. The summed E-state index contributed by atoms with van der Waals surface area (Å²) in [4.78, 5) is 22.1. The second-order valence-electron chi connectivity index (χ2n) is 9.45. The molecule has 6 heteroatoms. The Balaban J connectivity index is 1.44. The third-order valence-electron chi connectivity index (χ3n) is 7.11. The van der Waals surface area contributed by atoms with Crippen LogP contribution in [0.25, 0.3) is 0 Å². The van der Waals surface area contributed by atoms with Gasteiger partial charge in [-0.3, -0.25) is 0 Å². The molecule has 0 radical (unpaired) electrons. The maximum absolute atomic E-state index is 13.4. The van der Waals surface area contributed by atoms with Gasteiger partial charge in [-0.25, -0.2) is 14.8 Å². The van der Waals surface area contributed by atoms with Gasteiger partial charge in [-0.1, -0.05) is 43.2 Å². The Hall–Kier alpha value is -2.31. The van der Waals surface area contributed by atoms with E-state index in [2.05, 4.69) is 17.0 Å². The molecule has 166 valence electrons. The molecular weight excluding hydrogens is 390 g/mol. The standard InChI is InChI=1S/C25H34N3O3/c1-28(18-14-23-26-15-8-16-27-23)17-7-13-22(19-28)31-24(29)25(30,21-11-5-6-12-21)20-9-3-2-4-10-20/h2-4,8-10,15-16,21-22,30H,5-7,11-14,17-19H2,1H3/q+1/t22?,25-,28?/m0/s1. The van der Waals surface area contributed by atoms with Crippen molar-refractivity contribution in [1.29, 1.82) is 0 Å². The number of aliphatic hydroxyl groups is 1. The number of piperidine rings is 1. The fourth-order valence-corrected chi connectivity index (χ4v) is 5.30. The zero-order chi connectivity index (χ0) is 21.7. The molecule has 2 heterocycles. The van der Waals surface area contributed by atoms with E-state index in [1.165, 1.54) is 0 Å². The zero-order valence-electron chi connectivity index (χ0n) is 18.4. The molecule has 2 aliphatic rings. The molecule has 2 fully saturated rings. The number of ether oxygens (including phenoxy) is 1. The van der Waals surface area contributed by atoms with Crippen LogP contribution in [-0.4, -0.2) is 58.3 Å². The molecule has 6 nitrogen and oxygen atoms in total. The Morgan fingerprint density at radius 2 is 1.81 bits per heavy atom. The van der Waals surface area contributed by atoms with Crippen LogP contribution < -0.4 is 0 Å². The molecule has 4 rings (SSSR count). The predicted molar refractivity (Wildman–Crippen MR) is 118 cm³/mol. The zero-order valence-corrected chi connectivity index (χ0v) is 18.4. The van der Waals surface area contributed by atoms with Crippen molar-refractivity contribution < 1.29 is 19.1 Å². The smallest absolute Gasteiger partial charge is 0.343 e. The summed E-state index contributed by atoms with van der Waals surface area (Å²) in [5.74, 6) is 0.290. The van der Waals surface area contributed by atoms with Gasteiger partial charge in [0.05, 0.1) is 26.6 Å². The van der Waals surface area contributed by atoms with Crippen molar-refractivity contribution in [1.82, 2.24) is 9.97 Å². The molecule has 1 saturated heterocycles. The van der Waals surface area contributed by atoms with Crippen molar-refractivity contribution in [3.05, 3.63) is 60.2 Å². The number of hydrogen-bond donors (Lipinski definition) is 1. The Morgan fingerprint density at radius 3 is 2.52 bits per heavy atom. The van der Waals surface area contributed by atoms with Crippen molar-refractivity contribution >= 4 is 5.97 Å². The summed E-state index contributed by atoms with van der Waals surface area (Å²) in [7, 11) is 2.21. The number of likely N-dealkylation sites (N-methyl/N-ethyl adjacent to an activating group) is 1. The van der Waals surface area contributed by atoms with E-state index in [0.29, 0.717) is 5.56 Å². The van der Waals surface area contributed by atoms with Gasteiger partial charge in [0, 0.05) is 24.7 Å². The highest BCUT2D eigenvalue weighted by Crippen LogP contribution is 2.42. The summed E-state index contributed by atoms with van der Waals surface area (Å²) >= 11 is 0. The van der Waals surface area contributed by atoms with Crippen LogP contribution in [-0.2, 0) is 21.6 Å². The molecule has 0 spiro atoms. The van der Waals surface area contributed by atoms with E-state index in [9.17, 15) is 9.90 Å². The molecule has 1 aromatic carbocycles. The summed E-state index contributed by atoms with van der Waals surface area (Å²) in [5, 5.41) is 11.7. The SMILES string of the molecule is C[N+]1(CCc2ncccn2)CCCC(OC(=O)[C@](O)(c2ccccc2)C2CCCC2)C1. The van der Waals surface area contributed by atoms with Gasteiger partial charge in [0.2, 0.25) is 0 Å². The average Bonchev–Trinajstić information content (AvgIpc) is 3.34. The van der Waals surface area contributed by atoms with Crippen molar-refractivity contribution in [2.75, 3.05) is 26.7 Å². The van der Waals surface area contributed by atoms with Gasteiger partial charge in [-0.2, -0.15) is 0 Å². The number of hydrogen-bond acceptors (Lipinski definition) is 5. The number of quaternary nitrogens is 1. The Labute approximate surface area is 184 Å². The van der Waals surface area contributed by atoms with Crippen LogP contribution >= 0.6 is 0 Å². The number of carbonyl (C=O) groups excluding carboxylic acids is 1. The second kappa shape index (κ2) is 9.45. The Kier molecular flexibility index (Phi) is 6.68. The highest BCUT2D eigenvalue weighted by Gasteiger charge is 2.49. The third kappa shape index (κ3) is 4.96. The predicted octanol–water partition coefficient (Wildman–Crippen LogP) is 3.25. The lowest BCUT2D eigenvalue weighted by Crippen LogP contribution is -2.56. The van der Waals surface area contributed by atoms with Gasteiger partial charge in [0.1, 0.15) is 12.4 Å². The molecule has 0 bridgehead atoms.